The average Bonchev–Trinajstić information content (AvgIpc) is 2.45. The fraction of sp³-hybridized carbons (Fsp3) is 0.438. The molecule has 1 aliphatic rings. The number of fused-ring (bicyclic) bond motifs is 1. The van der Waals surface area contributed by atoms with Gasteiger partial charge in [0.15, 0.2) is 0 Å². The zero-order valence-corrected chi connectivity index (χ0v) is 11.6. The highest BCUT2D eigenvalue weighted by Crippen LogP contribution is 2.38. The Labute approximate surface area is 118 Å². The van der Waals surface area contributed by atoms with E-state index in [2.05, 4.69) is 23.0 Å². The second-order valence-corrected chi connectivity index (χ2v) is 5.84. The van der Waals surface area contributed by atoms with Crippen molar-refractivity contribution >= 4 is 11.0 Å². The quantitative estimate of drug-likeness (QED) is 0.861. The monoisotopic (exact) mass is 266 g/mol. The maximum Gasteiger partial charge on any atom is 0.107 e. The molecule has 102 valence electrons. The van der Waals surface area contributed by atoms with Gasteiger partial charge in [-0.3, -0.25) is 9.97 Å². The van der Waals surface area contributed by atoms with Gasteiger partial charge in [-0.15, -0.1) is 0 Å². The van der Waals surface area contributed by atoms with Crippen LogP contribution in [0.3, 0.4) is 0 Å². The molecule has 1 aromatic heterocycles. The molecule has 0 bridgehead atoms. The highest BCUT2D eigenvalue weighted by atomic mass is 14.8. The molecular weight excluding hydrogens is 248 g/mol. The minimum Gasteiger partial charge on any atom is -0.328 e. The van der Waals surface area contributed by atoms with Crippen LogP contribution in [0, 0.1) is 17.2 Å². The van der Waals surface area contributed by atoms with Gasteiger partial charge in [0.2, 0.25) is 0 Å². The Bertz CT molecular complexity index is 664. The third kappa shape index (κ3) is 2.25. The lowest BCUT2D eigenvalue weighted by atomic mass is 9.76. The van der Waals surface area contributed by atoms with E-state index in [1.54, 1.807) is 12.4 Å². The molecule has 1 aromatic carbocycles. The van der Waals surface area contributed by atoms with Gasteiger partial charge in [0.25, 0.3) is 0 Å². The number of hydrogen-bond acceptors (Lipinski definition) is 4. The number of rotatable bonds is 1. The van der Waals surface area contributed by atoms with Crippen molar-refractivity contribution in [3.05, 3.63) is 35.7 Å². The molecule has 0 amide bonds. The SMILES string of the molecule is C[C@@H]1C[C@@H](N)C[C@H](c2ccc(C#N)c3nccnc23)C1. The van der Waals surface area contributed by atoms with Crippen LogP contribution in [0.1, 0.15) is 43.2 Å². The number of hydrogen-bond donors (Lipinski definition) is 1. The summed E-state index contributed by atoms with van der Waals surface area (Å²) in [7, 11) is 0. The summed E-state index contributed by atoms with van der Waals surface area (Å²) < 4.78 is 0. The Balaban J connectivity index is 2.11. The fourth-order valence-corrected chi connectivity index (χ4v) is 3.41. The van der Waals surface area contributed by atoms with Crippen molar-refractivity contribution in [2.75, 3.05) is 0 Å². The Morgan fingerprint density at radius 3 is 2.60 bits per heavy atom. The van der Waals surface area contributed by atoms with E-state index in [1.807, 2.05) is 12.1 Å². The molecule has 0 saturated heterocycles. The molecular formula is C16H18N4. The highest BCUT2D eigenvalue weighted by molar-refractivity contribution is 5.83. The zero-order chi connectivity index (χ0) is 14.1. The van der Waals surface area contributed by atoms with Crippen molar-refractivity contribution < 1.29 is 0 Å². The molecule has 1 aliphatic carbocycles. The average molecular weight is 266 g/mol. The fourth-order valence-electron chi connectivity index (χ4n) is 3.41. The summed E-state index contributed by atoms with van der Waals surface area (Å²) in [5.74, 6) is 1.05. The van der Waals surface area contributed by atoms with Gasteiger partial charge in [0.05, 0.1) is 11.1 Å². The van der Waals surface area contributed by atoms with E-state index in [-0.39, 0.29) is 6.04 Å². The van der Waals surface area contributed by atoms with Gasteiger partial charge in [-0.25, -0.2) is 0 Å². The molecule has 0 spiro atoms. The van der Waals surface area contributed by atoms with E-state index in [9.17, 15) is 5.26 Å². The third-order valence-electron chi connectivity index (χ3n) is 4.20. The predicted octanol–water partition coefficient (Wildman–Crippen LogP) is 2.73. The van der Waals surface area contributed by atoms with Crippen LogP contribution in [0.15, 0.2) is 24.5 Å². The van der Waals surface area contributed by atoms with Crippen LogP contribution in [0.4, 0.5) is 0 Å². The van der Waals surface area contributed by atoms with E-state index in [4.69, 9.17) is 5.73 Å². The van der Waals surface area contributed by atoms with Crippen LogP contribution in [0.5, 0.6) is 0 Å². The van der Waals surface area contributed by atoms with Gasteiger partial charge in [0, 0.05) is 18.4 Å². The summed E-state index contributed by atoms with van der Waals surface area (Å²) in [5.41, 5.74) is 9.51. The first-order valence-corrected chi connectivity index (χ1v) is 7.08. The molecule has 20 heavy (non-hydrogen) atoms. The molecule has 4 heteroatoms. The van der Waals surface area contributed by atoms with Crippen LogP contribution in [-0.2, 0) is 0 Å². The summed E-state index contributed by atoms with van der Waals surface area (Å²) in [6.07, 6.45) is 6.55. The molecule has 3 atom stereocenters. The van der Waals surface area contributed by atoms with Gasteiger partial charge < -0.3 is 5.73 Å². The summed E-state index contributed by atoms with van der Waals surface area (Å²) in [4.78, 5) is 8.79. The lowest BCUT2D eigenvalue weighted by molar-refractivity contribution is 0.309. The molecule has 1 saturated carbocycles. The summed E-state index contributed by atoms with van der Waals surface area (Å²) in [6, 6.07) is 6.34. The molecule has 0 aliphatic heterocycles. The number of nitrogens with zero attached hydrogens (tertiary/aromatic N) is 3. The first kappa shape index (κ1) is 13.0. The molecule has 0 unspecified atom stereocenters. The van der Waals surface area contributed by atoms with E-state index in [1.165, 1.54) is 5.56 Å². The Hall–Kier alpha value is -1.99. The summed E-state index contributed by atoms with van der Waals surface area (Å²) in [5, 5.41) is 9.18. The zero-order valence-electron chi connectivity index (χ0n) is 11.6. The number of nitrogens with two attached hydrogens (primary N) is 1. The van der Waals surface area contributed by atoms with E-state index in [0.717, 1.165) is 24.8 Å². The van der Waals surface area contributed by atoms with Crippen LogP contribution in [-0.4, -0.2) is 16.0 Å². The van der Waals surface area contributed by atoms with E-state index in [0.29, 0.717) is 22.9 Å². The second-order valence-electron chi connectivity index (χ2n) is 5.84. The Morgan fingerprint density at radius 2 is 1.90 bits per heavy atom. The largest absolute Gasteiger partial charge is 0.328 e. The minimum atomic E-state index is 0.256. The Morgan fingerprint density at radius 1 is 1.15 bits per heavy atom. The van der Waals surface area contributed by atoms with Gasteiger partial charge in [-0.2, -0.15) is 5.26 Å². The first-order valence-electron chi connectivity index (χ1n) is 7.08. The van der Waals surface area contributed by atoms with Crippen molar-refractivity contribution in [1.82, 2.24) is 9.97 Å². The maximum absolute atomic E-state index is 9.18. The standard InChI is InChI=1S/C16H18N4/c1-10-6-12(8-13(18)7-10)14-3-2-11(9-17)15-16(14)20-5-4-19-15/h2-5,10,12-13H,6-8,18H2,1H3/t10-,12+,13+/m0/s1. The lowest BCUT2D eigenvalue weighted by Gasteiger charge is -2.31. The van der Waals surface area contributed by atoms with E-state index >= 15 is 0 Å². The number of aromatic nitrogens is 2. The smallest absolute Gasteiger partial charge is 0.107 e. The molecule has 2 N–H and O–H groups in total. The van der Waals surface area contributed by atoms with Crippen LogP contribution < -0.4 is 5.73 Å². The van der Waals surface area contributed by atoms with Gasteiger partial charge in [-0.1, -0.05) is 13.0 Å². The van der Waals surface area contributed by atoms with Crippen molar-refractivity contribution in [3.63, 3.8) is 0 Å². The molecule has 0 radical (unpaired) electrons. The molecule has 4 nitrogen and oxygen atoms in total. The van der Waals surface area contributed by atoms with Crippen molar-refractivity contribution in [2.24, 2.45) is 11.7 Å². The summed E-state index contributed by atoms with van der Waals surface area (Å²) in [6.45, 7) is 2.25. The van der Waals surface area contributed by atoms with E-state index < -0.39 is 0 Å². The first-order chi connectivity index (χ1) is 9.69. The van der Waals surface area contributed by atoms with Crippen LogP contribution in [0.2, 0.25) is 0 Å². The van der Waals surface area contributed by atoms with Crippen molar-refractivity contribution in [3.8, 4) is 6.07 Å². The minimum absolute atomic E-state index is 0.256. The molecule has 1 fully saturated rings. The number of nitriles is 1. The maximum atomic E-state index is 9.18. The van der Waals surface area contributed by atoms with Gasteiger partial charge >= 0.3 is 0 Å². The number of benzene rings is 1. The normalized spacial score (nSPS) is 26.4. The second kappa shape index (κ2) is 5.18. The molecule has 2 aromatic rings. The third-order valence-corrected chi connectivity index (χ3v) is 4.20. The molecule has 3 rings (SSSR count). The molecule has 1 heterocycles. The predicted molar refractivity (Wildman–Crippen MR) is 78.0 cm³/mol. The topological polar surface area (TPSA) is 75.6 Å². The lowest BCUT2D eigenvalue weighted by Crippen LogP contribution is -2.31. The van der Waals surface area contributed by atoms with Crippen molar-refractivity contribution in [1.29, 1.82) is 5.26 Å². The summed E-state index contributed by atoms with van der Waals surface area (Å²) >= 11 is 0. The van der Waals surface area contributed by atoms with Crippen LogP contribution in [0.25, 0.3) is 11.0 Å². The van der Waals surface area contributed by atoms with Crippen molar-refractivity contribution in [2.45, 2.75) is 38.1 Å². The highest BCUT2D eigenvalue weighted by Gasteiger charge is 2.27. The Kier molecular flexibility index (Phi) is 3.37. The van der Waals surface area contributed by atoms with Crippen LogP contribution >= 0.6 is 0 Å². The van der Waals surface area contributed by atoms with Gasteiger partial charge in [0.1, 0.15) is 11.6 Å². The van der Waals surface area contributed by atoms with Gasteiger partial charge in [-0.05, 0) is 42.7 Å².